The van der Waals surface area contributed by atoms with Gasteiger partial charge in [0.05, 0.1) is 11.4 Å². The molecule has 2 aliphatic heterocycles. The fourth-order valence-electron chi connectivity index (χ4n) is 4.98. The van der Waals surface area contributed by atoms with E-state index in [0.29, 0.717) is 5.02 Å². The minimum atomic E-state index is -0.475. The summed E-state index contributed by atoms with van der Waals surface area (Å²) in [5.74, 6) is 0. The van der Waals surface area contributed by atoms with Gasteiger partial charge in [0.1, 0.15) is 11.2 Å². The maximum atomic E-state index is 12.8. The molecule has 32 heavy (non-hydrogen) atoms. The molecule has 3 aromatic rings. The number of imidazole rings is 1. The van der Waals surface area contributed by atoms with Gasteiger partial charge in [-0.15, -0.1) is 0 Å². The molecule has 1 amide bonds. The third kappa shape index (κ3) is 4.09. The molecule has 6 nitrogen and oxygen atoms in total. The van der Waals surface area contributed by atoms with Gasteiger partial charge in [-0.05, 0) is 57.9 Å². The topological polar surface area (TPSA) is 50.1 Å². The number of carbonyl (C=O) groups excluding carboxylic acids is 1. The SMILES string of the molecule is CC(C)(C)OC(=O)N1C2CCC1CN(Cc1c(-c3ccc(Cl)cc3)nc3ccccn13)C2. The number of fused-ring (bicyclic) bond motifs is 3. The van der Waals surface area contributed by atoms with Crippen molar-refractivity contribution in [3.05, 3.63) is 59.4 Å². The number of hydrogen-bond acceptors (Lipinski definition) is 4. The van der Waals surface area contributed by atoms with Gasteiger partial charge in [-0.3, -0.25) is 9.80 Å². The largest absolute Gasteiger partial charge is 0.444 e. The molecule has 2 aliphatic rings. The highest BCUT2D eigenvalue weighted by Gasteiger charge is 2.44. The van der Waals surface area contributed by atoms with Crippen molar-refractivity contribution in [3.8, 4) is 11.3 Å². The molecule has 2 atom stereocenters. The number of carbonyl (C=O) groups is 1. The zero-order valence-corrected chi connectivity index (χ0v) is 19.5. The second kappa shape index (κ2) is 8.09. The van der Waals surface area contributed by atoms with Crippen LogP contribution in [0.4, 0.5) is 4.79 Å². The Hall–Kier alpha value is -2.57. The van der Waals surface area contributed by atoms with Crippen molar-refractivity contribution in [3.63, 3.8) is 0 Å². The summed E-state index contributed by atoms with van der Waals surface area (Å²) in [4.78, 5) is 22.2. The number of halogens is 1. The van der Waals surface area contributed by atoms with Crippen LogP contribution in [0.15, 0.2) is 48.7 Å². The van der Waals surface area contributed by atoms with E-state index in [2.05, 4.69) is 15.5 Å². The summed E-state index contributed by atoms with van der Waals surface area (Å²) in [7, 11) is 0. The number of likely N-dealkylation sites (tertiary alicyclic amines) is 1. The molecule has 0 aliphatic carbocycles. The van der Waals surface area contributed by atoms with Gasteiger partial charge in [0, 0.05) is 48.5 Å². The molecule has 0 N–H and O–H groups in total. The number of rotatable bonds is 3. The quantitative estimate of drug-likeness (QED) is 0.545. The predicted octanol–water partition coefficient (Wildman–Crippen LogP) is 5.24. The Bertz CT molecular complexity index is 1120. The van der Waals surface area contributed by atoms with Crippen molar-refractivity contribution in [2.75, 3.05) is 13.1 Å². The van der Waals surface area contributed by atoms with Crippen molar-refractivity contribution in [1.82, 2.24) is 19.2 Å². The monoisotopic (exact) mass is 452 g/mol. The average molecular weight is 453 g/mol. The van der Waals surface area contributed by atoms with E-state index in [4.69, 9.17) is 21.3 Å². The van der Waals surface area contributed by atoms with Crippen LogP contribution in [0.2, 0.25) is 5.02 Å². The maximum absolute atomic E-state index is 12.8. The summed E-state index contributed by atoms with van der Waals surface area (Å²) in [6.07, 6.45) is 3.94. The number of hydrogen-bond donors (Lipinski definition) is 0. The number of amides is 1. The van der Waals surface area contributed by atoms with E-state index < -0.39 is 5.60 Å². The van der Waals surface area contributed by atoms with Crippen LogP contribution in [0.5, 0.6) is 0 Å². The van der Waals surface area contributed by atoms with E-state index in [1.54, 1.807) is 0 Å². The number of piperazine rings is 1. The standard InChI is InChI=1S/C25H29ClN4O2/c1-25(2,3)32-24(31)30-19-11-12-20(30)15-28(14-19)16-21-23(17-7-9-18(26)10-8-17)27-22-6-4-5-13-29(21)22/h4-10,13,19-20H,11-12,14-16H2,1-3H3. The molecule has 0 spiro atoms. The van der Waals surface area contributed by atoms with Crippen molar-refractivity contribution in [1.29, 1.82) is 0 Å². The van der Waals surface area contributed by atoms with E-state index in [1.165, 1.54) is 0 Å². The Labute approximate surface area is 193 Å². The fourth-order valence-corrected chi connectivity index (χ4v) is 5.11. The van der Waals surface area contributed by atoms with Gasteiger partial charge < -0.3 is 9.14 Å². The fraction of sp³-hybridized carbons (Fsp3) is 0.440. The van der Waals surface area contributed by atoms with Gasteiger partial charge in [0.2, 0.25) is 0 Å². The normalized spacial score (nSPS) is 21.3. The summed E-state index contributed by atoms with van der Waals surface area (Å²) in [6, 6.07) is 14.3. The van der Waals surface area contributed by atoms with Crippen LogP contribution in [0.3, 0.4) is 0 Å². The number of nitrogens with zero attached hydrogens (tertiary/aromatic N) is 4. The third-order valence-electron chi connectivity index (χ3n) is 6.28. The van der Waals surface area contributed by atoms with Gasteiger partial charge >= 0.3 is 6.09 Å². The van der Waals surface area contributed by atoms with Crippen LogP contribution < -0.4 is 0 Å². The van der Waals surface area contributed by atoms with Crippen molar-refractivity contribution in [2.24, 2.45) is 0 Å². The molecule has 0 radical (unpaired) electrons. The Morgan fingerprint density at radius 3 is 2.44 bits per heavy atom. The molecule has 2 unspecified atom stereocenters. The zero-order chi connectivity index (χ0) is 22.5. The second-order valence-electron chi connectivity index (χ2n) is 9.81. The van der Waals surface area contributed by atoms with Gasteiger partial charge in [-0.1, -0.05) is 29.8 Å². The van der Waals surface area contributed by atoms with Crippen molar-refractivity contribution < 1.29 is 9.53 Å². The maximum Gasteiger partial charge on any atom is 0.410 e. The van der Waals surface area contributed by atoms with E-state index in [1.807, 2.05) is 68.1 Å². The molecule has 2 saturated heterocycles. The first-order chi connectivity index (χ1) is 15.3. The van der Waals surface area contributed by atoms with Crippen molar-refractivity contribution >= 4 is 23.3 Å². The van der Waals surface area contributed by atoms with Crippen LogP contribution >= 0.6 is 11.6 Å². The third-order valence-corrected chi connectivity index (χ3v) is 6.53. The summed E-state index contributed by atoms with van der Waals surface area (Å²) in [5, 5.41) is 0.717. The summed E-state index contributed by atoms with van der Waals surface area (Å²) in [5.41, 5.74) is 3.66. The van der Waals surface area contributed by atoms with Crippen LogP contribution in [0.25, 0.3) is 16.9 Å². The lowest BCUT2D eigenvalue weighted by molar-refractivity contribution is -0.00557. The minimum absolute atomic E-state index is 0.179. The van der Waals surface area contributed by atoms with Crippen LogP contribution in [0.1, 0.15) is 39.3 Å². The van der Waals surface area contributed by atoms with E-state index in [9.17, 15) is 4.79 Å². The molecule has 2 bridgehead atoms. The molecule has 0 saturated carbocycles. The Morgan fingerprint density at radius 1 is 1.09 bits per heavy atom. The van der Waals surface area contributed by atoms with Gasteiger partial charge in [-0.2, -0.15) is 0 Å². The molecule has 2 aromatic heterocycles. The highest BCUT2D eigenvalue weighted by molar-refractivity contribution is 6.30. The van der Waals surface area contributed by atoms with E-state index in [0.717, 1.165) is 55.1 Å². The smallest absolute Gasteiger partial charge is 0.410 e. The predicted molar refractivity (Wildman–Crippen MR) is 126 cm³/mol. The lowest BCUT2D eigenvalue weighted by atomic mass is 10.1. The highest BCUT2D eigenvalue weighted by atomic mass is 35.5. The van der Waals surface area contributed by atoms with Crippen LogP contribution in [-0.2, 0) is 11.3 Å². The van der Waals surface area contributed by atoms with E-state index >= 15 is 0 Å². The lowest BCUT2D eigenvalue weighted by Gasteiger charge is -2.41. The van der Waals surface area contributed by atoms with Crippen LogP contribution in [-0.4, -0.2) is 56.1 Å². The molecule has 1 aromatic carbocycles. The molecule has 4 heterocycles. The average Bonchev–Trinajstić information content (AvgIpc) is 3.22. The zero-order valence-electron chi connectivity index (χ0n) is 18.8. The molecule has 2 fully saturated rings. The van der Waals surface area contributed by atoms with Crippen molar-refractivity contribution in [2.45, 2.75) is 57.8 Å². The number of pyridine rings is 1. The van der Waals surface area contributed by atoms with Gasteiger partial charge in [-0.25, -0.2) is 9.78 Å². The molecule has 168 valence electrons. The first-order valence-corrected chi connectivity index (χ1v) is 11.6. The minimum Gasteiger partial charge on any atom is -0.444 e. The first kappa shape index (κ1) is 21.3. The molecule has 5 rings (SSSR count). The van der Waals surface area contributed by atoms with Gasteiger partial charge in [0.15, 0.2) is 0 Å². The summed E-state index contributed by atoms with van der Waals surface area (Å²) in [6.45, 7) is 8.23. The second-order valence-corrected chi connectivity index (χ2v) is 10.2. The Kier molecular flexibility index (Phi) is 5.38. The lowest BCUT2D eigenvalue weighted by Crippen LogP contribution is -2.56. The van der Waals surface area contributed by atoms with E-state index in [-0.39, 0.29) is 18.2 Å². The molecule has 7 heteroatoms. The highest BCUT2D eigenvalue weighted by Crippen LogP contribution is 2.34. The summed E-state index contributed by atoms with van der Waals surface area (Å²) < 4.78 is 7.86. The number of aromatic nitrogens is 2. The Morgan fingerprint density at radius 2 is 1.78 bits per heavy atom. The molecular formula is C25H29ClN4O2. The van der Waals surface area contributed by atoms with Crippen LogP contribution in [0, 0.1) is 0 Å². The molecular weight excluding hydrogens is 424 g/mol. The Balaban J connectivity index is 1.41. The number of ether oxygens (including phenoxy) is 1. The number of benzene rings is 1. The first-order valence-electron chi connectivity index (χ1n) is 11.2. The van der Waals surface area contributed by atoms with Gasteiger partial charge in [0.25, 0.3) is 0 Å². The summed E-state index contributed by atoms with van der Waals surface area (Å²) >= 11 is 6.12.